The largest absolute Gasteiger partial charge is 0.492 e. The summed E-state index contributed by atoms with van der Waals surface area (Å²) < 4.78 is 7.97. The van der Waals surface area contributed by atoms with E-state index in [1.807, 2.05) is 55.6 Å². The zero-order valence-corrected chi connectivity index (χ0v) is 20.3. The molecule has 0 radical (unpaired) electrons. The normalized spacial score (nSPS) is 14.7. The lowest BCUT2D eigenvalue weighted by Crippen LogP contribution is -2.42. The number of piperidine rings is 1. The van der Waals surface area contributed by atoms with Gasteiger partial charge in [0.25, 0.3) is 5.91 Å². The molecule has 180 valence electrons. The third kappa shape index (κ3) is 5.50. The van der Waals surface area contributed by atoms with E-state index in [-0.39, 0.29) is 23.3 Å². The summed E-state index contributed by atoms with van der Waals surface area (Å²) in [6, 6.07) is 15.5. The molecule has 0 saturated carbocycles. The minimum Gasteiger partial charge on any atom is -0.492 e. The molecule has 2 N–H and O–H groups in total. The fraction of sp³-hybridized carbons (Fsp3) is 0.296. The Balaban J connectivity index is 1.51. The van der Waals surface area contributed by atoms with Crippen LogP contribution in [0.3, 0.4) is 0 Å². The first-order valence-corrected chi connectivity index (χ1v) is 11.9. The van der Waals surface area contributed by atoms with Crippen LogP contribution in [0.2, 0.25) is 5.02 Å². The van der Waals surface area contributed by atoms with E-state index in [1.54, 1.807) is 11.0 Å². The van der Waals surface area contributed by atoms with E-state index in [0.29, 0.717) is 44.1 Å². The average molecular weight is 491 g/mol. The summed E-state index contributed by atoms with van der Waals surface area (Å²) in [4.78, 5) is 26.0. The Labute approximate surface area is 209 Å². The smallest absolute Gasteiger partial charge is 0.264 e. The minimum atomic E-state index is -0.337. The van der Waals surface area contributed by atoms with Crippen LogP contribution in [0.5, 0.6) is 5.75 Å². The summed E-state index contributed by atoms with van der Waals surface area (Å²) in [5.41, 5.74) is 8.19. The van der Waals surface area contributed by atoms with Gasteiger partial charge in [-0.25, -0.2) is 0 Å². The van der Waals surface area contributed by atoms with Gasteiger partial charge in [0.05, 0.1) is 6.54 Å². The molecule has 0 bridgehead atoms. The van der Waals surface area contributed by atoms with Crippen molar-refractivity contribution in [2.45, 2.75) is 26.3 Å². The van der Waals surface area contributed by atoms with Crippen molar-refractivity contribution in [2.24, 2.45) is 11.7 Å². The highest BCUT2D eigenvalue weighted by Crippen LogP contribution is 2.26. The predicted molar refractivity (Wildman–Crippen MR) is 136 cm³/mol. The molecule has 0 atom stereocenters. The number of ether oxygens (including phenoxy) is 1. The van der Waals surface area contributed by atoms with Crippen molar-refractivity contribution in [2.75, 3.05) is 19.7 Å². The summed E-state index contributed by atoms with van der Waals surface area (Å²) in [5, 5.41) is 11.4. The predicted octanol–water partition coefficient (Wildman–Crippen LogP) is 4.31. The highest BCUT2D eigenvalue weighted by Gasteiger charge is 2.27. The van der Waals surface area contributed by atoms with Crippen LogP contribution in [-0.4, -0.2) is 41.0 Å². The number of para-hydroxylation sites is 1. The van der Waals surface area contributed by atoms with Crippen LogP contribution in [0.15, 0.2) is 54.2 Å². The highest BCUT2D eigenvalue weighted by atomic mass is 35.5. The second kappa shape index (κ2) is 10.7. The van der Waals surface area contributed by atoms with Crippen LogP contribution in [0, 0.1) is 24.2 Å². The van der Waals surface area contributed by atoms with Gasteiger partial charge in [0.15, 0.2) is 0 Å². The fourth-order valence-electron chi connectivity index (χ4n) is 4.38. The van der Waals surface area contributed by atoms with Crippen LogP contribution in [0.4, 0.5) is 0 Å². The molecule has 2 heterocycles. The van der Waals surface area contributed by atoms with E-state index in [2.05, 4.69) is 10.6 Å². The van der Waals surface area contributed by atoms with Gasteiger partial charge in [-0.3, -0.25) is 9.59 Å². The van der Waals surface area contributed by atoms with Gasteiger partial charge >= 0.3 is 0 Å². The van der Waals surface area contributed by atoms with Gasteiger partial charge in [0, 0.05) is 46.7 Å². The van der Waals surface area contributed by atoms with Crippen LogP contribution in [0.1, 0.15) is 24.0 Å². The monoisotopic (exact) mass is 490 g/mol. The summed E-state index contributed by atoms with van der Waals surface area (Å²) in [6.45, 7) is 3.79. The zero-order chi connectivity index (χ0) is 24.9. The van der Waals surface area contributed by atoms with Crippen molar-refractivity contribution in [3.05, 3.63) is 70.4 Å². The highest BCUT2D eigenvalue weighted by molar-refractivity contribution is 6.31. The molecule has 0 spiro atoms. The van der Waals surface area contributed by atoms with Crippen molar-refractivity contribution in [1.29, 1.82) is 5.26 Å². The molecular weight excluding hydrogens is 464 g/mol. The second-order valence-corrected chi connectivity index (χ2v) is 9.10. The van der Waals surface area contributed by atoms with E-state index < -0.39 is 0 Å². The quantitative estimate of drug-likeness (QED) is 0.393. The maximum atomic E-state index is 13.0. The van der Waals surface area contributed by atoms with Gasteiger partial charge in [-0.1, -0.05) is 29.8 Å². The van der Waals surface area contributed by atoms with Crippen LogP contribution >= 0.6 is 11.6 Å². The van der Waals surface area contributed by atoms with Gasteiger partial charge < -0.3 is 19.9 Å². The Morgan fingerprint density at radius 3 is 2.66 bits per heavy atom. The Kier molecular flexibility index (Phi) is 7.42. The third-order valence-corrected chi connectivity index (χ3v) is 6.81. The number of aryl methyl sites for hydroxylation is 1. The minimum absolute atomic E-state index is 0.0679. The van der Waals surface area contributed by atoms with E-state index in [1.165, 1.54) is 0 Å². The van der Waals surface area contributed by atoms with Crippen molar-refractivity contribution < 1.29 is 14.3 Å². The van der Waals surface area contributed by atoms with Crippen molar-refractivity contribution in [3.63, 3.8) is 0 Å². The number of carbonyl (C=O) groups is 2. The molecule has 1 saturated heterocycles. The lowest BCUT2D eigenvalue weighted by atomic mass is 9.96. The van der Waals surface area contributed by atoms with Crippen molar-refractivity contribution in [1.82, 2.24) is 9.47 Å². The number of halogens is 1. The van der Waals surface area contributed by atoms with E-state index >= 15 is 0 Å². The van der Waals surface area contributed by atoms with Gasteiger partial charge in [-0.2, -0.15) is 5.26 Å². The Hall–Kier alpha value is -3.76. The Morgan fingerprint density at radius 2 is 1.97 bits per heavy atom. The molecule has 35 heavy (non-hydrogen) atoms. The number of benzene rings is 2. The van der Waals surface area contributed by atoms with E-state index in [4.69, 9.17) is 22.1 Å². The van der Waals surface area contributed by atoms with E-state index in [0.717, 1.165) is 27.8 Å². The summed E-state index contributed by atoms with van der Waals surface area (Å²) >= 11 is 6.09. The number of carbonyl (C=O) groups excluding carboxylic acids is 2. The molecule has 1 fully saturated rings. The number of nitriles is 1. The molecular formula is C27H27ClN4O3. The van der Waals surface area contributed by atoms with Crippen LogP contribution in [-0.2, 0) is 16.1 Å². The number of nitrogens with two attached hydrogens (primary N) is 1. The fourth-order valence-corrected chi connectivity index (χ4v) is 4.50. The first kappa shape index (κ1) is 24.4. The number of aromatic nitrogens is 1. The average Bonchev–Trinajstić information content (AvgIpc) is 3.21. The number of likely N-dealkylation sites (tertiary alicyclic amines) is 1. The first-order chi connectivity index (χ1) is 16.9. The van der Waals surface area contributed by atoms with Gasteiger partial charge in [0.1, 0.15) is 24.0 Å². The lowest BCUT2D eigenvalue weighted by Gasteiger charge is -2.30. The van der Waals surface area contributed by atoms with Crippen LogP contribution in [0.25, 0.3) is 17.0 Å². The lowest BCUT2D eigenvalue weighted by molar-refractivity contribution is -0.131. The molecule has 3 aromatic rings. The molecule has 2 amide bonds. The first-order valence-electron chi connectivity index (χ1n) is 11.5. The topological polar surface area (TPSA) is 101 Å². The second-order valence-electron chi connectivity index (χ2n) is 8.69. The molecule has 0 unspecified atom stereocenters. The molecule has 4 rings (SSSR count). The maximum absolute atomic E-state index is 13.0. The molecule has 1 aromatic heterocycles. The summed E-state index contributed by atoms with van der Waals surface area (Å²) in [6.07, 6.45) is 4.62. The van der Waals surface area contributed by atoms with Crippen molar-refractivity contribution >= 4 is 40.4 Å². The maximum Gasteiger partial charge on any atom is 0.264 e. The number of nitrogens with zero attached hydrogens (tertiary/aromatic N) is 3. The van der Waals surface area contributed by atoms with Crippen LogP contribution < -0.4 is 10.5 Å². The SMILES string of the molecule is Cc1cc(OCCn2cc(C=C(C#N)C(=O)N3CCC(C(N)=O)CC3)c3ccccc32)ccc1Cl. The van der Waals surface area contributed by atoms with Gasteiger partial charge in [0.2, 0.25) is 5.91 Å². The van der Waals surface area contributed by atoms with Gasteiger partial charge in [-0.05, 0) is 55.7 Å². The molecule has 1 aliphatic heterocycles. The third-order valence-electron chi connectivity index (χ3n) is 6.38. The number of rotatable bonds is 7. The molecule has 1 aliphatic rings. The number of primary amides is 1. The summed E-state index contributed by atoms with van der Waals surface area (Å²) in [7, 11) is 0. The number of hydrogen-bond acceptors (Lipinski definition) is 4. The Morgan fingerprint density at radius 1 is 1.23 bits per heavy atom. The Bertz CT molecular complexity index is 1330. The molecule has 2 aromatic carbocycles. The van der Waals surface area contributed by atoms with Gasteiger partial charge in [-0.15, -0.1) is 0 Å². The summed E-state index contributed by atoms with van der Waals surface area (Å²) in [5.74, 6) is -0.128. The van der Waals surface area contributed by atoms with Crippen molar-refractivity contribution in [3.8, 4) is 11.8 Å². The standard InChI is InChI=1S/C27H27ClN4O3/c1-18-14-22(6-7-24(18)28)35-13-12-32-17-21(23-4-2-3-5-25(23)32)15-20(16-29)27(34)31-10-8-19(9-11-31)26(30)33/h2-7,14-15,17,19H,8-13H2,1H3,(H2,30,33). The zero-order valence-electron chi connectivity index (χ0n) is 19.5. The molecule has 0 aliphatic carbocycles. The number of amides is 2. The molecule has 8 heteroatoms. The van der Waals surface area contributed by atoms with E-state index in [9.17, 15) is 14.9 Å². The number of hydrogen-bond donors (Lipinski definition) is 1. The number of fused-ring (bicyclic) bond motifs is 1. The molecule has 7 nitrogen and oxygen atoms in total.